The Morgan fingerprint density at radius 3 is 2.65 bits per heavy atom. The number of carbonyl (C=O) groups excluding carboxylic acids is 1. The topological polar surface area (TPSA) is 78.4 Å². The Morgan fingerprint density at radius 1 is 1.45 bits per heavy atom. The molecule has 0 aromatic rings. The molecule has 0 bridgehead atoms. The molecular weight excluding hydrogens is 256 g/mol. The number of nitrogens with one attached hydrogen (secondary N) is 2. The van der Waals surface area contributed by atoms with E-state index >= 15 is 0 Å². The lowest BCUT2D eigenvalue weighted by molar-refractivity contribution is -0.142. The Bertz CT molecular complexity index is 336. The van der Waals surface area contributed by atoms with Gasteiger partial charge in [-0.3, -0.25) is 9.59 Å². The fourth-order valence-electron chi connectivity index (χ4n) is 2.76. The summed E-state index contributed by atoms with van der Waals surface area (Å²) in [6.07, 6.45) is 3.55. The molecular formula is C15H28N2O3. The molecule has 5 heteroatoms. The second kappa shape index (κ2) is 7.62. The summed E-state index contributed by atoms with van der Waals surface area (Å²) in [7, 11) is 0. The van der Waals surface area contributed by atoms with Crippen molar-refractivity contribution in [1.29, 1.82) is 0 Å². The summed E-state index contributed by atoms with van der Waals surface area (Å²) >= 11 is 0. The molecule has 1 rings (SSSR count). The number of rotatable bonds is 7. The Hall–Kier alpha value is -1.10. The zero-order valence-corrected chi connectivity index (χ0v) is 12.9. The third-order valence-electron chi connectivity index (χ3n) is 4.40. The van der Waals surface area contributed by atoms with Crippen LogP contribution < -0.4 is 10.6 Å². The Labute approximate surface area is 121 Å². The fourth-order valence-corrected chi connectivity index (χ4v) is 2.76. The van der Waals surface area contributed by atoms with Crippen LogP contribution in [0.25, 0.3) is 0 Å². The third-order valence-corrected chi connectivity index (χ3v) is 4.40. The van der Waals surface area contributed by atoms with Crippen LogP contribution in [0.2, 0.25) is 0 Å². The molecule has 3 N–H and O–H groups in total. The van der Waals surface area contributed by atoms with Crippen LogP contribution >= 0.6 is 0 Å². The molecule has 1 aliphatic rings. The van der Waals surface area contributed by atoms with Gasteiger partial charge >= 0.3 is 5.97 Å². The highest BCUT2D eigenvalue weighted by atomic mass is 16.4. The molecule has 0 aromatic carbocycles. The maximum atomic E-state index is 12.4. The van der Waals surface area contributed by atoms with Crippen molar-refractivity contribution in [2.45, 2.75) is 46.5 Å². The van der Waals surface area contributed by atoms with E-state index in [1.54, 1.807) is 0 Å². The number of hydrogen-bond donors (Lipinski definition) is 3. The molecule has 0 radical (unpaired) electrons. The van der Waals surface area contributed by atoms with Crippen molar-refractivity contribution >= 4 is 11.9 Å². The molecule has 0 saturated carbocycles. The quantitative estimate of drug-likeness (QED) is 0.664. The van der Waals surface area contributed by atoms with Crippen molar-refractivity contribution < 1.29 is 14.7 Å². The summed E-state index contributed by atoms with van der Waals surface area (Å²) in [5.41, 5.74) is -0.456. The van der Waals surface area contributed by atoms with Gasteiger partial charge in [0.1, 0.15) is 0 Å². The van der Waals surface area contributed by atoms with E-state index in [2.05, 4.69) is 10.6 Å². The molecule has 20 heavy (non-hydrogen) atoms. The molecule has 2 atom stereocenters. The molecule has 116 valence electrons. The minimum atomic E-state index is -0.829. The molecule has 0 spiro atoms. The van der Waals surface area contributed by atoms with Gasteiger partial charge in [0.2, 0.25) is 5.91 Å². The Kier molecular flexibility index (Phi) is 6.46. The first-order valence-corrected chi connectivity index (χ1v) is 7.61. The molecule has 2 unspecified atom stereocenters. The summed E-state index contributed by atoms with van der Waals surface area (Å²) < 4.78 is 0. The van der Waals surface area contributed by atoms with Crippen molar-refractivity contribution in [2.75, 3.05) is 19.6 Å². The lowest BCUT2D eigenvalue weighted by Crippen LogP contribution is -2.48. The van der Waals surface area contributed by atoms with Gasteiger partial charge in [0, 0.05) is 12.0 Å². The predicted octanol–water partition coefficient (Wildman–Crippen LogP) is 1.63. The van der Waals surface area contributed by atoms with Gasteiger partial charge in [-0.1, -0.05) is 27.2 Å². The van der Waals surface area contributed by atoms with Crippen molar-refractivity contribution in [2.24, 2.45) is 17.3 Å². The maximum absolute atomic E-state index is 12.4. The summed E-state index contributed by atoms with van der Waals surface area (Å²) in [5.74, 6) is -1.03. The first-order valence-electron chi connectivity index (χ1n) is 7.61. The van der Waals surface area contributed by atoms with E-state index in [9.17, 15) is 9.59 Å². The number of carbonyl (C=O) groups is 2. The van der Waals surface area contributed by atoms with E-state index in [4.69, 9.17) is 5.11 Å². The second-order valence-corrected chi connectivity index (χ2v) is 6.30. The van der Waals surface area contributed by atoms with Crippen LogP contribution in [0.3, 0.4) is 0 Å². The van der Waals surface area contributed by atoms with E-state index in [1.807, 2.05) is 20.8 Å². The average Bonchev–Trinajstić information content (AvgIpc) is 2.43. The van der Waals surface area contributed by atoms with E-state index in [1.165, 1.54) is 0 Å². The van der Waals surface area contributed by atoms with Gasteiger partial charge < -0.3 is 15.7 Å². The lowest BCUT2D eigenvalue weighted by atomic mass is 9.74. The van der Waals surface area contributed by atoms with Crippen molar-refractivity contribution in [3.63, 3.8) is 0 Å². The van der Waals surface area contributed by atoms with Crippen LogP contribution in [0.15, 0.2) is 0 Å². The molecule has 1 amide bonds. The number of amides is 1. The van der Waals surface area contributed by atoms with E-state index in [-0.39, 0.29) is 12.5 Å². The molecule has 0 aliphatic carbocycles. The number of aliphatic carboxylic acids is 1. The number of carboxylic acid groups (broad SMARTS) is 1. The van der Waals surface area contributed by atoms with Crippen LogP contribution in [-0.4, -0.2) is 36.6 Å². The highest BCUT2D eigenvalue weighted by Gasteiger charge is 2.37. The normalized spacial score (nSPS) is 21.2. The van der Waals surface area contributed by atoms with Gasteiger partial charge in [0.25, 0.3) is 0 Å². The molecule has 1 heterocycles. The van der Waals surface area contributed by atoms with Gasteiger partial charge in [-0.2, -0.15) is 0 Å². The fraction of sp³-hybridized carbons (Fsp3) is 0.867. The monoisotopic (exact) mass is 284 g/mol. The van der Waals surface area contributed by atoms with Gasteiger partial charge in [-0.25, -0.2) is 0 Å². The van der Waals surface area contributed by atoms with Crippen molar-refractivity contribution in [3.8, 4) is 0 Å². The van der Waals surface area contributed by atoms with Crippen molar-refractivity contribution in [3.05, 3.63) is 0 Å². The van der Waals surface area contributed by atoms with E-state index in [0.29, 0.717) is 12.3 Å². The van der Waals surface area contributed by atoms with E-state index < -0.39 is 17.3 Å². The lowest BCUT2D eigenvalue weighted by Gasteiger charge is -2.36. The molecule has 0 aromatic heterocycles. The molecule has 1 aliphatic heterocycles. The van der Waals surface area contributed by atoms with Gasteiger partial charge in [-0.15, -0.1) is 0 Å². The average molecular weight is 284 g/mol. The summed E-state index contributed by atoms with van der Waals surface area (Å²) in [6.45, 7) is 7.97. The largest absolute Gasteiger partial charge is 0.481 e. The summed E-state index contributed by atoms with van der Waals surface area (Å²) in [4.78, 5) is 23.5. The van der Waals surface area contributed by atoms with Crippen LogP contribution in [0.5, 0.6) is 0 Å². The molecule has 1 saturated heterocycles. The first-order chi connectivity index (χ1) is 9.39. The minimum Gasteiger partial charge on any atom is -0.481 e. The Balaban J connectivity index is 2.53. The Morgan fingerprint density at radius 2 is 2.15 bits per heavy atom. The van der Waals surface area contributed by atoms with Crippen LogP contribution in [-0.2, 0) is 9.59 Å². The summed E-state index contributed by atoms with van der Waals surface area (Å²) in [5, 5.41) is 15.3. The highest BCUT2D eigenvalue weighted by molar-refractivity contribution is 5.82. The smallest absolute Gasteiger partial charge is 0.308 e. The SMILES string of the molecule is CCCC(CNC(=O)C(C)(C)C1CCCNC1)C(=O)O. The zero-order chi connectivity index (χ0) is 15.2. The van der Waals surface area contributed by atoms with Crippen LogP contribution in [0.4, 0.5) is 0 Å². The van der Waals surface area contributed by atoms with Gasteiger partial charge in [0.15, 0.2) is 0 Å². The van der Waals surface area contributed by atoms with Crippen molar-refractivity contribution in [1.82, 2.24) is 10.6 Å². The first kappa shape index (κ1) is 17.0. The number of carboxylic acids is 1. The van der Waals surface area contributed by atoms with Gasteiger partial charge in [-0.05, 0) is 38.3 Å². The molecule has 1 fully saturated rings. The van der Waals surface area contributed by atoms with Crippen LogP contribution in [0, 0.1) is 17.3 Å². The van der Waals surface area contributed by atoms with E-state index in [0.717, 1.165) is 32.4 Å². The highest BCUT2D eigenvalue weighted by Crippen LogP contribution is 2.31. The molecule has 5 nitrogen and oxygen atoms in total. The third kappa shape index (κ3) is 4.47. The second-order valence-electron chi connectivity index (χ2n) is 6.30. The number of hydrogen-bond acceptors (Lipinski definition) is 3. The summed E-state index contributed by atoms with van der Waals surface area (Å²) in [6, 6.07) is 0. The van der Waals surface area contributed by atoms with Crippen LogP contribution in [0.1, 0.15) is 46.5 Å². The maximum Gasteiger partial charge on any atom is 0.308 e. The standard InChI is InChI=1S/C15H28N2O3/c1-4-6-11(13(18)19)9-17-14(20)15(2,3)12-7-5-8-16-10-12/h11-12,16H,4-10H2,1-3H3,(H,17,20)(H,18,19). The number of piperidine rings is 1. The minimum absolute atomic E-state index is 0.0337. The predicted molar refractivity (Wildman–Crippen MR) is 78.4 cm³/mol. The van der Waals surface area contributed by atoms with Gasteiger partial charge in [0.05, 0.1) is 5.92 Å². The zero-order valence-electron chi connectivity index (χ0n) is 12.9.